The number of hydrogen-bond acceptors (Lipinski definition) is 42. The summed E-state index contributed by atoms with van der Waals surface area (Å²) in [5, 5.41) is 1.69. The van der Waals surface area contributed by atoms with Crippen LogP contribution in [0, 0.1) is 0 Å². The number of rotatable bonds is 6. The highest BCUT2D eigenvalue weighted by atomic mass is 32.9. The van der Waals surface area contributed by atoms with E-state index in [1.54, 1.807) is 42.6 Å². The van der Waals surface area contributed by atoms with E-state index in [0.717, 1.165) is 12.7 Å². The molecular formula is C66H73F5N24O26P6S7. The number of nitrogens with zero attached hydrogens (tertiary/aromatic N) is 15. The molecule has 720 valence electrons. The summed E-state index contributed by atoms with van der Waals surface area (Å²) in [7, 11) is 0. The lowest BCUT2D eigenvalue weighted by molar-refractivity contribution is -0.0598. The van der Waals surface area contributed by atoms with Crippen molar-refractivity contribution in [2.24, 2.45) is 0 Å². The van der Waals surface area contributed by atoms with Crippen molar-refractivity contribution < 1.29 is 129 Å². The molecule has 12 aromatic heterocycles. The average molecular weight is 2120 g/mol. The molecule has 6 bridgehead atoms. The van der Waals surface area contributed by atoms with Gasteiger partial charge in [-0.25, -0.2) is 51.9 Å². The van der Waals surface area contributed by atoms with Crippen LogP contribution in [0.5, 0.6) is 0 Å². The third-order valence-electron chi connectivity index (χ3n) is 22.4. The lowest BCUT2D eigenvalue weighted by atomic mass is 10.1. The van der Waals surface area contributed by atoms with Gasteiger partial charge in [-0.3, -0.25) is 65.7 Å². The van der Waals surface area contributed by atoms with Crippen LogP contribution in [0.3, 0.4) is 0 Å². The number of anilines is 6. The molecule has 0 spiro atoms. The first-order valence-electron chi connectivity index (χ1n) is 39.4. The number of nitrogens with one attached hydrogen (secondary N) is 3. The Balaban J connectivity index is 0.000000129. The molecule has 0 radical (unpaired) electrons. The van der Waals surface area contributed by atoms with Crippen molar-refractivity contribution >= 4 is 224 Å². The molecule has 9 saturated heterocycles. The summed E-state index contributed by atoms with van der Waals surface area (Å²) >= 11 is 36.0. The zero-order valence-corrected chi connectivity index (χ0v) is 78.5. The van der Waals surface area contributed by atoms with Gasteiger partial charge in [-0.15, -0.1) is 0 Å². The number of aromatic amines is 3. The van der Waals surface area contributed by atoms with Crippen molar-refractivity contribution in [3.63, 3.8) is 0 Å². The highest BCUT2D eigenvalue weighted by Crippen LogP contribution is 2.62. The van der Waals surface area contributed by atoms with Crippen LogP contribution in [0.2, 0.25) is 0 Å². The number of hydrogen-bond donors (Lipinski definition) is 15. The van der Waals surface area contributed by atoms with E-state index in [-0.39, 0.29) is 71.0 Å². The molecule has 50 nitrogen and oxygen atoms in total. The van der Waals surface area contributed by atoms with Crippen molar-refractivity contribution in [2.75, 3.05) is 74.0 Å². The summed E-state index contributed by atoms with van der Waals surface area (Å²) in [6, 6.07) is 9.74. The number of aromatic nitrogens is 18. The second-order valence-electron chi connectivity index (χ2n) is 30.9. The minimum absolute atomic E-state index is 0.0320. The molecule has 0 amide bonds. The van der Waals surface area contributed by atoms with Gasteiger partial charge in [-0.1, -0.05) is 12.2 Å². The van der Waals surface area contributed by atoms with Crippen LogP contribution in [0.25, 0.3) is 66.6 Å². The maximum absolute atomic E-state index is 16.1. The minimum atomic E-state index is -4.33. The van der Waals surface area contributed by atoms with Crippen molar-refractivity contribution in [1.82, 2.24) is 87.2 Å². The van der Waals surface area contributed by atoms with Gasteiger partial charge in [0.15, 0.2) is 102 Å². The molecule has 0 aliphatic carbocycles. The number of fused-ring (bicyclic) bond motifs is 15. The van der Waals surface area contributed by atoms with Gasteiger partial charge in [0.25, 0.3) is 16.7 Å². The van der Waals surface area contributed by atoms with Crippen LogP contribution in [0.1, 0.15) is 43.8 Å². The smallest absolute Gasteiger partial charge is 0.325 e. The van der Waals surface area contributed by atoms with Crippen LogP contribution < -0.4 is 51.1 Å². The highest BCUT2D eigenvalue weighted by molar-refractivity contribution is 8.60. The van der Waals surface area contributed by atoms with Gasteiger partial charge >= 0.3 is 33.6 Å². The van der Waals surface area contributed by atoms with Crippen molar-refractivity contribution in [2.45, 2.75) is 148 Å². The molecule has 0 saturated carbocycles. The van der Waals surface area contributed by atoms with Crippen LogP contribution in [0.15, 0.2) is 107 Å². The third kappa shape index (κ3) is 18.9. The van der Waals surface area contributed by atoms with Gasteiger partial charge in [0, 0.05) is 76.8 Å². The van der Waals surface area contributed by atoms with Gasteiger partial charge in [-0.2, -0.15) is 15.0 Å². The summed E-state index contributed by atoms with van der Waals surface area (Å²) in [6.07, 6.45) is -20.9. The SMILES string of the molecule is Nc1nc2c(ncn2[C@@H]2O[C@@H]3COP(O)(=S)O[C@H]4[C@H](F)[C@H](n5ccc6c(N)ccnc65)O[C@@H]4COP(=S)(S)O[C@@H]2C3)c(=O)[nH]1.Nc1nc2c(ncn2[C@@H]2O[C@@H]3COP(O)(=S)O[C@H]4[C@H](F)[C@H](n5ccc6c(N)ccnc65)O[C@@H]4COP(O)(=S)O[C@@H]2[C@@H]3F)c(=O)[nH]1.Nc1nc2c(ncn2[C@@H]2O[C@@H]3COP(O)(=S)O[C@H]4[C@H](F)[C@H](n5ccc6c(N)ccnc65)O[C@@H]4COP(O)(=S)O[C@@H]2[C@@H]3F)c(=O)[nH]1. The van der Waals surface area contributed by atoms with E-state index in [0.29, 0.717) is 50.2 Å². The number of thiol groups is 1. The van der Waals surface area contributed by atoms with E-state index in [1.165, 1.54) is 64.7 Å². The summed E-state index contributed by atoms with van der Waals surface area (Å²) in [5.74, 6) is -0.620. The van der Waals surface area contributed by atoms with Crippen LogP contribution in [0.4, 0.5) is 56.9 Å². The zero-order valence-electron chi connectivity index (χ0n) is 67.3. The minimum Gasteiger partial charge on any atom is -0.398 e. The molecule has 134 heavy (non-hydrogen) atoms. The van der Waals surface area contributed by atoms with E-state index in [9.17, 15) is 38.9 Å². The largest absolute Gasteiger partial charge is 0.398 e. The molecule has 6 unspecified atom stereocenters. The summed E-state index contributed by atoms with van der Waals surface area (Å²) in [6.45, 7) is -24.5. The Bertz CT molecular complexity index is 6830. The Morgan fingerprint density at radius 1 is 0.351 bits per heavy atom. The number of nitrogens with two attached hydrogens (primary N) is 6. The molecule has 9 fully saturated rings. The average Bonchev–Trinajstić information content (AvgIpc) is 1.58. The van der Waals surface area contributed by atoms with Crippen LogP contribution in [-0.2, 0) is 154 Å². The Kier molecular flexibility index (Phi) is 26.3. The molecule has 12 aromatic rings. The number of pyridine rings is 3. The fraction of sp³-hybridized carbons (Fsp3) is 0.455. The van der Waals surface area contributed by atoms with Gasteiger partial charge in [0.1, 0.15) is 84.1 Å². The topological polar surface area (TPSA) is 668 Å². The number of halogens is 5. The first kappa shape index (κ1) is 95.8. The normalized spacial score (nSPS) is 37.3. The predicted octanol–water partition coefficient (Wildman–Crippen LogP) is 4.16. The van der Waals surface area contributed by atoms with Gasteiger partial charge in [0.05, 0.1) is 64.7 Å². The molecule has 21 rings (SSSR count). The Morgan fingerprint density at radius 2 is 0.649 bits per heavy atom. The molecule has 21 heterocycles. The molecular weight excluding hydrogens is 2050 g/mol. The van der Waals surface area contributed by atoms with Crippen LogP contribution >= 0.6 is 51.5 Å². The number of nitrogen functional groups attached to an aromatic ring is 6. The van der Waals surface area contributed by atoms with E-state index in [2.05, 4.69) is 72.1 Å². The lowest BCUT2D eigenvalue weighted by Crippen LogP contribution is -2.34. The summed E-state index contributed by atoms with van der Waals surface area (Å²) < 4.78 is 191. The lowest BCUT2D eigenvalue weighted by Gasteiger charge is -2.28. The molecule has 68 heteroatoms. The standard InChI is InChI=1S/2C22H24F2N8O9P2S2.C22H25FN8O8P2S3/c2*23-12-10-5-36-42(34,44)40-15-11(39-20(13(15)24)31-4-2-8-9(25)1-3-27-17(8)31)6-37-43(35,45)41-16(12)21(38-10)32-7-28-14-18(32)29-22(26)30-19(14)33;23-14-16-13(37-21(14)30-4-2-10-11(24)1-3-26-17(10)30)7-35-41(43,44)38-12-5-9(6-34-40(33,42)39-16)36-20(12)31-8-27-15-18(31)28-22(25)29-19(15)32/h2*1-4,7,10-13,15-16,20-21H,5-6H2,(H2,25,27)(H,34,44)(H,35,45)(H3,26,29,30,33);1-4,8-9,12-14,16,20-21H,5-7H2,(H2,24,26)(H,33,42)(H,43,44)(H3,25,28,29,32)/t2*10-,11-,12-,13+,15-,16-,20-,21-,42?,43?;9-,12+,13+,14-,16+,20+,21+,40?/m110/s1. The fourth-order valence-electron chi connectivity index (χ4n) is 16.4. The molecule has 20 N–H and O–H groups in total. The summed E-state index contributed by atoms with van der Waals surface area (Å²) in [5.41, 5.74) is 32.0. The Morgan fingerprint density at radius 3 is 0.993 bits per heavy atom. The molecule has 9 aliphatic rings. The van der Waals surface area contributed by atoms with E-state index < -0.39 is 224 Å². The van der Waals surface area contributed by atoms with E-state index in [4.69, 9.17) is 188 Å². The highest BCUT2D eigenvalue weighted by Gasteiger charge is 2.58. The summed E-state index contributed by atoms with van der Waals surface area (Å²) in [4.78, 5) is 136. The molecule has 0 aromatic carbocycles. The van der Waals surface area contributed by atoms with Crippen molar-refractivity contribution in [1.29, 1.82) is 0 Å². The van der Waals surface area contributed by atoms with Crippen LogP contribution in [-0.4, -0.2) is 255 Å². The van der Waals surface area contributed by atoms with Crippen molar-refractivity contribution in [3.8, 4) is 0 Å². The van der Waals surface area contributed by atoms with E-state index >= 15 is 22.0 Å². The number of ether oxygens (including phenoxy) is 6. The number of alkyl halides is 5. The quantitative estimate of drug-likeness (QED) is 0.0631. The van der Waals surface area contributed by atoms with Crippen molar-refractivity contribution in [3.05, 3.63) is 124 Å². The van der Waals surface area contributed by atoms with Gasteiger partial charge in [0.2, 0.25) is 23.5 Å². The first-order chi connectivity index (χ1) is 63.5. The van der Waals surface area contributed by atoms with E-state index in [1.807, 2.05) is 0 Å². The monoisotopic (exact) mass is 2120 g/mol. The van der Waals surface area contributed by atoms with Gasteiger partial charge in [-0.05, 0) is 107 Å². The zero-order chi connectivity index (χ0) is 94.6. The maximum Gasteiger partial charge on any atom is 0.325 e. The number of imidazole rings is 3. The second kappa shape index (κ2) is 36.8. The number of H-pyrrole nitrogens is 3. The van der Waals surface area contributed by atoms with Gasteiger partial charge < -0.3 is 133 Å². The fourth-order valence-corrected chi connectivity index (χ4v) is 25.6. The first-order valence-corrected chi connectivity index (χ1v) is 56.1. The molecule has 29 atom stereocenters. The second-order valence-corrected chi connectivity index (χ2v) is 50.1. The molecule has 9 aliphatic heterocycles. The third-order valence-corrected chi connectivity index (χ3v) is 32.4. The Hall–Kier alpha value is -7.10. The maximum atomic E-state index is 16.1. The predicted molar refractivity (Wildman–Crippen MR) is 483 cm³/mol. The Labute approximate surface area is 780 Å².